The first-order chi connectivity index (χ1) is 13.5. The molecule has 1 aliphatic rings. The highest BCUT2D eigenvalue weighted by Gasteiger charge is 2.19. The third kappa shape index (κ3) is 4.90. The van der Waals surface area contributed by atoms with Crippen LogP contribution in [0, 0.1) is 5.92 Å². The Bertz CT molecular complexity index is 829. The fourth-order valence-electron chi connectivity index (χ4n) is 2.71. The summed E-state index contributed by atoms with van der Waals surface area (Å²) in [6.45, 7) is 6.61. The molecule has 28 heavy (non-hydrogen) atoms. The van der Waals surface area contributed by atoms with E-state index in [0.717, 1.165) is 19.0 Å². The summed E-state index contributed by atoms with van der Waals surface area (Å²) in [5.41, 5.74) is 1.29. The zero-order valence-corrected chi connectivity index (χ0v) is 17.2. The molecule has 3 rings (SSSR count). The predicted octanol–water partition coefficient (Wildman–Crippen LogP) is 2.22. The molecule has 0 saturated carbocycles. The molecular weight excluding hydrogens is 378 g/mol. The van der Waals surface area contributed by atoms with Crippen molar-refractivity contribution >= 4 is 35.1 Å². The number of hydrogen-bond donors (Lipinski definition) is 1. The highest BCUT2D eigenvalue weighted by atomic mass is 32.2. The lowest BCUT2D eigenvalue weighted by Gasteiger charge is -2.27. The Morgan fingerprint density at radius 3 is 2.50 bits per heavy atom. The van der Waals surface area contributed by atoms with Gasteiger partial charge in [0, 0.05) is 37.3 Å². The van der Waals surface area contributed by atoms with E-state index in [-0.39, 0.29) is 23.4 Å². The van der Waals surface area contributed by atoms with Gasteiger partial charge in [0.25, 0.3) is 0 Å². The maximum absolute atomic E-state index is 12.5. The molecule has 1 saturated heterocycles. The molecular formula is C19H25N5O3S. The third-order valence-electron chi connectivity index (χ3n) is 4.44. The van der Waals surface area contributed by atoms with Crippen LogP contribution in [0.15, 0.2) is 29.4 Å². The zero-order chi connectivity index (χ0) is 20.1. The maximum Gasteiger partial charge on any atom is 0.227 e. The molecule has 1 aromatic carbocycles. The Kier molecular flexibility index (Phi) is 6.69. The van der Waals surface area contributed by atoms with Gasteiger partial charge in [-0.25, -0.2) is 0 Å². The lowest BCUT2D eigenvalue weighted by Crippen LogP contribution is -2.37. The Hall–Kier alpha value is -2.39. The van der Waals surface area contributed by atoms with Gasteiger partial charge in [-0.05, 0) is 24.3 Å². The second-order valence-corrected chi connectivity index (χ2v) is 7.82. The Labute approximate surface area is 168 Å². The van der Waals surface area contributed by atoms with Crippen LogP contribution in [0.3, 0.4) is 0 Å². The number of benzene rings is 1. The van der Waals surface area contributed by atoms with E-state index >= 15 is 0 Å². The molecule has 2 heterocycles. The van der Waals surface area contributed by atoms with Crippen molar-refractivity contribution < 1.29 is 14.3 Å². The van der Waals surface area contributed by atoms with E-state index in [0.29, 0.717) is 29.6 Å². The molecule has 0 aliphatic carbocycles. The first-order valence-electron chi connectivity index (χ1n) is 9.24. The molecule has 0 unspecified atom stereocenters. The minimum absolute atomic E-state index is 0.00246. The van der Waals surface area contributed by atoms with Crippen LogP contribution in [0.1, 0.15) is 24.2 Å². The molecule has 0 bridgehead atoms. The second-order valence-electron chi connectivity index (χ2n) is 6.87. The van der Waals surface area contributed by atoms with Crippen LogP contribution < -0.4 is 10.2 Å². The van der Waals surface area contributed by atoms with Crippen molar-refractivity contribution in [3.05, 3.63) is 29.8 Å². The number of aromatic nitrogens is 3. The number of carbonyl (C=O) groups is 2. The standard InChI is InChI=1S/C19H25N5O3S/c1-13(2)17(26)20-15-6-4-14(5-7-15)16(25)12-28-19-22-21-18(23(19)3)24-8-10-27-11-9-24/h4-7,13H,8-12H2,1-3H3,(H,20,26). The second kappa shape index (κ2) is 9.20. The van der Waals surface area contributed by atoms with Crippen LogP contribution in [0.2, 0.25) is 0 Å². The van der Waals surface area contributed by atoms with Gasteiger partial charge >= 0.3 is 0 Å². The monoisotopic (exact) mass is 403 g/mol. The van der Waals surface area contributed by atoms with Crippen molar-refractivity contribution in [1.82, 2.24) is 14.8 Å². The van der Waals surface area contributed by atoms with E-state index in [2.05, 4.69) is 20.4 Å². The molecule has 1 fully saturated rings. The summed E-state index contributed by atoms with van der Waals surface area (Å²) in [7, 11) is 1.91. The van der Waals surface area contributed by atoms with Crippen LogP contribution >= 0.6 is 11.8 Å². The molecule has 1 amide bonds. The number of carbonyl (C=O) groups excluding carboxylic acids is 2. The minimum Gasteiger partial charge on any atom is -0.378 e. The van der Waals surface area contributed by atoms with Crippen LogP contribution in [-0.4, -0.2) is 58.5 Å². The summed E-state index contributed by atoms with van der Waals surface area (Å²) in [5, 5.41) is 12.0. The summed E-state index contributed by atoms with van der Waals surface area (Å²) in [5.74, 6) is 0.929. The lowest BCUT2D eigenvalue weighted by molar-refractivity contribution is -0.118. The number of Topliss-reactive ketones (excluding diaryl/α,β-unsaturated/α-hetero) is 1. The Balaban J connectivity index is 1.57. The SMILES string of the molecule is CC(C)C(=O)Nc1ccc(C(=O)CSc2nnc(N3CCOCC3)n2C)cc1. The molecule has 0 atom stereocenters. The summed E-state index contributed by atoms with van der Waals surface area (Å²) in [6.07, 6.45) is 0. The summed E-state index contributed by atoms with van der Waals surface area (Å²) >= 11 is 1.37. The van der Waals surface area contributed by atoms with Gasteiger partial charge in [0.05, 0.1) is 19.0 Å². The largest absolute Gasteiger partial charge is 0.378 e. The number of hydrogen-bond acceptors (Lipinski definition) is 7. The number of anilines is 2. The van der Waals surface area contributed by atoms with E-state index in [1.165, 1.54) is 11.8 Å². The van der Waals surface area contributed by atoms with Gasteiger partial charge in [0.2, 0.25) is 11.9 Å². The topological polar surface area (TPSA) is 89.3 Å². The summed E-state index contributed by atoms with van der Waals surface area (Å²) in [4.78, 5) is 26.4. The number of ketones is 1. The van der Waals surface area contributed by atoms with Gasteiger partial charge in [-0.2, -0.15) is 0 Å². The molecule has 8 nitrogen and oxygen atoms in total. The van der Waals surface area contributed by atoms with Crippen LogP contribution in [0.5, 0.6) is 0 Å². The highest BCUT2D eigenvalue weighted by molar-refractivity contribution is 7.99. The van der Waals surface area contributed by atoms with Crippen molar-refractivity contribution in [3.8, 4) is 0 Å². The molecule has 1 aliphatic heterocycles. The van der Waals surface area contributed by atoms with Gasteiger partial charge in [0.15, 0.2) is 10.9 Å². The Morgan fingerprint density at radius 2 is 1.86 bits per heavy atom. The average Bonchev–Trinajstić information content (AvgIpc) is 3.07. The summed E-state index contributed by atoms with van der Waals surface area (Å²) in [6, 6.07) is 6.96. The van der Waals surface area contributed by atoms with Crippen molar-refractivity contribution in [2.24, 2.45) is 13.0 Å². The Morgan fingerprint density at radius 1 is 1.18 bits per heavy atom. The van der Waals surface area contributed by atoms with Crippen molar-refractivity contribution in [1.29, 1.82) is 0 Å². The lowest BCUT2D eigenvalue weighted by atomic mass is 10.1. The van der Waals surface area contributed by atoms with Crippen molar-refractivity contribution in [2.45, 2.75) is 19.0 Å². The van der Waals surface area contributed by atoms with E-state index in [1.807, 2.05) is 25.5 Å². The van der Waals surface area contributed by atoms with Crippen molar-refractivity contribution in [3.63, 3.8) is 0 Å². The van der Waals surface area contributed by atoms with Crippen LogP contribution in [-0.2, 0) is 16.6 Å². The maximum atomic E-state index is 12.5. The van der Waals surface area contributed by atoms with Crippen LogP contribution in [0.25, 0.3) is 0 Å². The van der Waals surface area contributed by atoms with E-state index in [1.54, 1.807) is 24.3 Å². The van der Waals surface area contributed by atoms with E-state index in [4.69, 9.17) is 4.74 Å². The fourth-order valence-corrected chi connectivity index (χ4v) is 3.51. The number of ether oxygens (including phenoxy) is 1. The fraction of sp³-hybridized carbons (Fsp3) is 0.474. The number of morpholine rings is 1. The first kappa shape index (κ1) is 20.3. The van der Waals surface area contributed by atoms with Gasteiger partial charge < -0.3 is 15.0 Å². The quantitative estimate of drug-likeness (QED) is 0.560. The highest BCUT2D eigenvalue weighted by Crippen LogP contribution is 2.22. The molecule has 150 valence electrons. The summed E-state index contributed by atoms with van der Waals surface area (Å²) < 4.78 is 7.28. The minimum atomic E-state index is -0.0912. The van der Waals surface area contributed by atoms with Crippen LogP contribution in [0.4, 0.5) is 11.6 Å². The molecule has 1 aromatic heterocycles. The van der Waals surface area contributed by atoms with Crippen molar-refractivity contribution in [2.75, 3.05) is 42.3 Å². The number of rotatable bonds is 7. The number of nitrogens with one attached hydrogen (secondary N) is 1. The zero-order valence-electron chi connectivity index (χ0n) is 16.3. The molecule has 9 heteroatoms. The van der Waals surface area contributed by atoms with Gasteiger partial charge in [-0.3, -0.25) is 14.2 Å². The molecule has 0 spiro atoms. The van der Waals surface area contributed by atoms with Gasteiger partial charge in [-0.15, -0.1) is 10.2 Å². The molecule has 1 N–H and O–H groups in total. The molecule has 2 aromatic rings. The van der Waals surface area contributed by atoms with Gasteiger partial charge in [-0.1, -0.05) is 25.6 Å². The average molecular weight is 404 g/mol. The van der Waals surface area contributed by atoms with E-state index < -0.39 is 0 Å². The number of thioether (sulfide) groups is 1. The normalized spacial score (nSPS) is 14.4. The van der Waals surface area contributed by atoms with Gasteiger partial charge in [0.1, 0.15) is 0 Å². The molecule has 0 radical (unpaired) electrons. The predicted molar refractivity (Wildman–Crippen MR) is 109 cm³/mol. The number of amides is 1. The smallest absolute Gasteiger partial charge is 0.227 e. The third-order valence-corrected chi connectivity index (χ3v) is 5.46. The number of nitrogens with zero attached hydrogens (tertiary/aromatic N) is 4. The van der Waals surface area contributed by atoms with E-state index in [9.17, 15) is 9.59 Å². The first-order valence-corrected chi connectivity index (χ1v) is 10.2.